The lowest BCUT2D eigenvalue weighted by atomic mass is 10.1. The predicted molar refractivity (Wildman–Crippen MR) is 90.7 cm³/mol. The van der Waals surface area contributed by atoms with Crippen molar-refractivity contribution in [3.8, 4) is 0 Å². The van der Waals surface area contributed by atoms with Crippen LogP contribution in [0, 0.1) is 13.8 Å². The molecule has 0 atom stereocenters. The highest BCUT2D eigenvalue weighted by Crippen LogP contribution is 2.27. The van der Waals surface area contributed by atoms with Crippen LogP contribution in [0.25, 0.3) is 5.78 Å². The summed E-state index contributed by atoms with van der Waals surface area (Å²) in [4.78, 5) is 19.5. The van der Waals surface area contributed by atoms with Gasteiger partial charge in [0, 0.05) is 24.4 Å². The third-order valence-electron chi connectivity index (χ3n) is 4.26. The van der Waals surface area contributed by atoms with Gasteiger partial charge in [0.05, 0.1) is 0 Å². The van der Waals surface area contributed by atoms with Crippen molar-refractivity contribution in [1.29, 1.82) is 0 Å². The highest BCUT2D eigenvalue weighted by atomic mass is 19.4. The number of nitrogens with zero attached hydrogens (tertiary/aromatic N) is 4. The molecule has 6 nitrogen and oxygen atoms in total. The molecule has 2 aromatic heterocycles. The summed E-state index contributed by atoms with van der Waals surface area (Å²) in [6.45, 7) is 6.13. The summed E-state index contributed by atoms with van der Waals surface area (Å²) in [5.74, 6) is -1.37. The number of rotatable bonds is 8. The molecule has 0 spiro atoms. The topological polar surface area (TPSA) is 72.2 Å². The normalized spacial score (nSPS) is 11.9. The first kappa shape index (κ1) is 20.1. The Balaban J connectivity index is 2.04. The zero-order valence-electron chi connectivity index (χ0n) is 15.3. The number of fused-ring (bicyclic) bond motifs is 1. The van der Waals surface area contributed by atoms with E-state index in [-0.39, 0.29) is 18.1 Å². The van der Waals surface area contributed by atoms with E-state index in [4.69, 9.17) is 0 Å². The number of amides is 1. The second-order valence-corrected chi connectivity index (χ2v) is 6.32. The highest BCUT2D eigenvalue weighted by molar-refractivity contribution is 5.76. The molecule has 0 aliphatic rings. The molecule has 2 heterocycles. The van der Waals surface area contributed by atoms with Crippen molar-refractivity contribution in [3.05, 3.63) is 22.8 Å². The number of aryl methyl sites for hydroxylation is 2. The number of alkyl halides is 3. The second-order valence-electron chi connectivity index (χ2n) is 6.32. The SMILES string of the molecule is CCCCCCNC(=O)CCc1c(C)nc2nc(C(F)(F)F)nn2c1C. The number of carbonyl (C=O) groups is 1. The minimum absolute atomic E-state index is 0.0741. The van der Waals surface area contributed by atoms with Crippen LogP contribution in [0.3, 0.4) is 0 Å². The Morgan fingerprint density at radius 3 is 2.54 bits per heavy atom. The first-order valence-corrected chi connectivity index (χ1v) is 8.80. The molecule has 9 heteroatoms. The van der Waals surface area contributed by atoms with Gasteiger partial charge in [-0.05, 0) is 32.3 Å². The summed E-state index contributed by atoms with van der Waals surface area (Å²) in [7, 11) is 0. The van der Waals surface area contributed by atoms with E-state index in [0.29, 0.717) is 24.4 Å². The van der Waals surface area contributed by atoms with Crippen molar-refractivity contribution in [2.45, 2.75) is 65.5 Å². The number of halogens is 3. The first-order chi connectivity index (χ1) is 12.2. The second kappa shape index (κ2) is 8.46. The Morgan fingerprint density at radius 1 is 1.15 bits per heavy atom. The van der Waals surface area contributed by atoms with E-state index in [0.717, 1.165) is 35.8 Å². The minimum Gasteiger partial charge on any atom is -0.356 e. The summed E-state index contributed by atoms with van der Waals surface area (Å²) >= 11 is 0. The van der Waals surface area contributed by atoms with Gasteiger partial charge < -0.3 is 5.32 Å². The Bertz CT molecular complexity index is 770. The van der Waals surface area contributed by atoms with Gasteiger partial charge in [-0.3, -0.25) is 4.79 Å². The van der Waals surface area contributed by atoms with Gasteiger partial charge in [-0.15, -0.1) is 5.10 Å². The van der Waals surface area contributed by atoms with E-state index in [1.807, 2.05) is 0 Å². The van der Waals surface area contributed by atoms with Crippen molar-refractivity contribution in [2.75, 3.05) is 6.54 Å². The maximum atomic E-state index is 12.8. The lowest BCUT2D eigenvalue weighted by Crippen LogP contribution is -2.25. The van der Waals surface area contributed by atoms with Crippen LogP contribution in [0.4, 0.5) is 13.2 Å². The maximum Gasteiger partial charge on any atom is 0.453 e. The Morgan fingerprint density at radius 2 is 1.88 bits per heavy atom. The van der Waals surface area contributed by atoms with Gasteiger partial charge >= 0.3 is 6.18 Å². The lowest BCUT2D eigenvalue weighted by molar-refractivity contribution is -0.144. The standard InChI is InChI=1S/C17H24F3N5O/c1-4-5-6-7-10-21-14(26)9-8-13-11(2)22-16-23-15(17(18,19)20)24-25(16)12(13)3/h4-10H2,1-3H3,(H,21,26). The molecule has 2 rings (SSSR count). The van der Waals surface area contributed by atoms with Crippen LogP contribution in [-0.2, 0) is 17.4 Å². The molecule has 1 N–H and O–H groups in total. The fraction of sp³-hybridized carbons (Fsp3) is 0.647. The molecule has 1 amide bonds. The molecule has 0 aromatic carbocycles. The molecule has 0 aliphatic heterocycles. The van der Waals surface area contributed by atoms with E-state index in [1.54, 1.807) is 13.8 Å². The van der Waals surface area contributed by atoms with Gasteiger partial charge in [-0.25, -0.2) is 9.50 Å². The van der Waals surface area contributed by atoms with E-state index in [2.05, 4.69) is 27.3 Å². The lowest BCUT2D eigenvalue weighted by Gasteiger charge is -2.10. The van der Waals surface area contributed by atoms with Crippen molar-refractivity contribution in [3.63, 3.8) is 0 Å². The summed E-state index contributed by atoms with van der Waals surface area (Å²) in [5, 5.41) is 6.38. The number of hydrogen-bond acceptors (Lipinski definition) is 4. The Labute approximate surface area is 150 Å². The van der Waals surface area contributed by atoms with Gasteiger partial charge in [0.25, 0.3) is 11.6 Å². The van der Waals surface area contributed by atoms with Gasteiger partial charge in [0.1, 0.15) is 0 Å². The summed E-state index contributed by atoms with van der Waals surface area (Å²) < 4.78 is 39.5. The quantitative estimate of drug-likeness (QED) is 0.722. The molecule has 2 aromatic rings. The monoisotopic (exact) mass is 371 g/mol. The number of unbranched alkanes of at least 4 members (excludes halogenated alkanes) is 3. The van der Waals surface area contributed by atoms with Crippen LogP contribution in [0.1, 0.15) is 61.8 Å². The van der Waals surface area contributed by atoms with E-state index in [1.165, 1.54) is 0 Å². The largest absolute Gasteiger partial charge is 0.453 e. The van der Waals surface area contributed by atoms with Crippen molar-refractivity contribution in [2.24, 2.45) is 0 Å². The smallest absolute Gasteiger partial charge is 0.356 e. The Hall–Kier alpha value is -2.19. The number of carbonyl (C=O) groups excluding carboxylic acids is 1. The molecule has 0 aliphatic carbocycles. The van der Waals surface area contributed by atoms with Crippen LogP contribution in [-0.4, -0.2) is 32.0 Å². The predicted octanol–water partition coefficient (Wildman–Crippen LogP) is 3.39. The van der Waals surface area contributed by atoms with Gasteiger partial charge in [0.2, 0.25) is 5.91 Å². The zero-order chi connectivity index (χ0) is 19.3. The average Bonchev–Trinajstić information content (AvgIpc) is 2.99. The zero-order valence-corrected chi connectivity index (χ0v) is 15.3. The van der Waals surface area contributed by atoms with Gasteiger partial charge in [-0.2, -0.15) is 18.2 Å². The van der Waals surface area contributed by atoms with Crippen molar-refractivity contribution < 1.29 is 18.0 Å². The van der Waals surface area contributed by atoms with E-state index >= 15 is 0 Å². The van der Waals surface area contributed by atoms with Crippen LogP contribution in [0.15, 0.2) is 0 Å². The molecular formula is C17H24F3N5O. The molecule has 0 radical (unpaired) electrons. The molecule has 26 heavy (non-hydrogen) atoms. The van der Waals surface area contributed by atoms with Crippen molar-refractivity contribution in [1.82, 2.24) is 24.9 Å². The third-order valence-corrected chi connectivity index (χ3v) is 4.26. The fourth-order valence-corrected chi connectivity index (χ4v) is 2.80. The van der Waals surface area contributed by atoms with Gasteiger partial charge in [-0.1, -0.05) is 26.2 Å². The van der Waals surface area contributed by atoms with E-state index < -0.39 is 12.0 Å². The van der Waals surface area contributed by atoms with Crippen LogP contribution in [0.5, 0.6) is 0 Å². The van der Waals surface area contributed by atoms with Crippen LogP contribution >= 0.6 is 0 Å². The van der Waals surface area contributed by atoms with Crippen molar-refractivity contribution >= 4 is 11.7 Å². The highest BCUT2D eigenvalue weighted by Gasteiger charge is 2.36. The number of hydrogen-bond donors (Lipinski definition) is 1. The summed E-state index contributed by atoms with van der Waals surface area (Å²) in [5.41, 5.74) is 1.80. The molecule has 0 bridgehead atoms. The molecule has 0 saturated heterocycles. The minimum atomic E-state index is -4.62. The maximum absolute atomic E-state index is 12.8. The number of nitrogens with one attached hydrogen (secondary N) is 1. The third kappa shape index (κ3) is 4.92. The Kier molecular flexibility index (Phi) is 6.55. The summed E-state index contributed by atoms with van der Waals surface area (Å²) in [6.07, 6.45) is 0.351. The molecule has 0 saturated carbocycles. The van der Waals surface area contributed by atoms with E-state index in [9.17, 15) is 18.0 Å². The average molecular weight is 371 g/mol. The molecule has 0 fully saturated rings. The summed E-state index contributed by atoms with van der Waals surface area (Å²) in [6, 6.07) is 0. The van der Waals surface area contributed by atoms with Crippen LogP contribution < -0.4 is 5.32 Å². The molecule has 0 unspecified atom stereocenters. The van der Waals surface area contributed by atoms with Crippen LogP contribution in [0.2, 0.25) is 0 Å². The number of aromatic nitrogens is 4. The molecule has 144 valence electrons. The van der Waals surface area contributed by atoms with Gasteiger partial charge in [0.15, 0.2) is 0 Å². The fourth-order valence-electron chi connectivity index (χ4n) is 2.80. The molecular weight excluding hydrogens is 347 g/mol. The first-order valence-electron chi connectivity index (χ1n) is 8.80.